The van der Waals surface area contributed by atoms with Gasteiger partial charge in [-0.25, -0.2) is 4.98 Å². The number of hydrogen-bond acceptors (Lipinski definition) is 2. The molecule has 0 saturated carbocycles. The molecule has 2 rings (SSSR count). The Kier molecular flexibility index (Phi) is 4.65. The number of nitrogens with zero attached hydrogens (tertiary/aromatic N) is 2. The van der Waals surface area contributed by atoms with Gasteiger partial charge in [-0.2, -0.15) is 0 Å². The van der Waals surface area contributed by atoms with E-state index in [0.29, 0.717) is 21.4 Å². The van der Waals surface area contributed by atoms with Crippen molar-refractivity contribution < 1.29 is 4.21 Å². The van der Waals surface area contributed by atoms with Gasteiger partial charge in [0.15, 0.2) is 5.65 Å². The van der Waals surface area contributed by atoms with Gasteiger partial charge in [0.05, 0.1) is 21.5 Å². The van der Waals surface area contributed by atoms with E-state index in [2.05, 4.69) is 11.9 Å². The average Bonchev–Trinajstić information content (AvgIpc) is 2.69. The summed E-state index contributed by atoms with van der Waals surface area (Å²) in [7, 11) is -0.861. The normalized spacial score (nSPS) is 13.1. The molecule has 6 heteroatoms. The second kappa shape index (κ2) is 6.04. The predicted molar refractivity (Wildman–Crippen MR) is 76.8 cm³/mol. The van der Waals surface area contributed by atoms with Crippen molar-refractivity contribution in [2.45, 2.75) is 25.5 Å². The van der Waals surface area contributed by atoms with Gasteiger partial charge in [-0.3, -0.25) is 4.21 Å². The minimum Gasteiger partial charge on any atom is -0.304 e. The third kappa shape index (κ3) is 3.25. The zero-order valence-corrected chi connectivity index (χ0v) is 12.4. The van der Waals surface area contributed by atoms with Crippen LogP contribution in [0.25, 0.3) is 5.65 Å². The number of fused-ring (bicyclic) bond motifs is 1. The van der Waals surface area contributed by atoms with E-state index in [0.717, 1.165) is 24.3 Å². The number of unbranched alkanes of at least 4 members (excludes halogenated alkanes) is 1. The van der Waals surface area contributed by atoms with Crippen LogP contribution in [0.4, 0.5) is 0 Å². The topological polar surface area (TPSA) is 34.4 Å². The molecule has 0 N–H and O–H groups in total. The second-order valence-corrected chi connectivity index (χ2v) is 6.53. The summed E-state index contributed by atoms with van der Waals surface area (Å²) in [6.07, 6.45) is 5.61. The fraction of sp³-hybridized carbons (Fsp3) is 0.417. The Morgan fingerprint density at radius 2 is 2.17 bits per heavy atom. The van der Waals surface area contributed by atoms with Crippen molar-refractivity contribution >= 4 is 39.6 Å². The van der Waals surface area contributed by atoms with Gasteiger partial charge < -0.3 is 4.40 Å². The third-order valence-electron chi connectivity index (χ3n) is 2.56. The minimum atomic E-state index is -0.861. The lowest BCUT2D eigenvalue weighted by molar-refractivity contribution is 0.678. The van der Waals surface area contributed by atoms with Gasteiger partial charge in [0, 0.05) is 28.9 Å². The molecule has 0 bridgehead atoms. The number of rotatable bonds is 5. The Morgan fingerprint density at radius 3 is 2.89 bits per heavy atom. The van der Waals surface area contributed by atoms with Gasteiger partial charge in [-0.05, 0) is 12.5 Å². The zero-order valence-electron chi connectivity index (χ0n) is 10.0. The van der Waals surface area contributed by atoms with Gasteiger partial charge in [0.2, 0.25) is 0 Å². The van der Waals surface area contributed by atoms with Crippen LogP contribution in [0.1, 0.15) is 25.5 Å². The van der Waals surface area contributed by atoms with Crippen LogP contribution < -0.4 is 0 Å². The SMILES string of the molecule is CCCC[S@@](=O)Cc1cn2cc(Cl)cc(Cl)c2n1. The highest BCUT2D eigenvalue weighted by molar-refractivity contribution is 7.84. The van der Waals surface area contributed by atoms with Crippen LogP contribution in [0.2, 0.25) is 10.0 Å². The van der Waals surface area contributed by atoms with Crippen LogP contribution in [-0.4, -0.2) is 19.3 Å². The number of aromatic nitrogens is 2. The summed E-state index contributed by atoms with van der Waals surface area (Å²) in [5, 5.41) is 1.07. The minimum absolute atomic E-state index is 0.468. The Morgan fingerprint density at radius 1 is 1.39 bits per heavy atom. The van der Waals surface area contributed by atoms with E-state index in [1.807, 2.05) is 6.20 Å². The van der Waals surface area contributed by atoms with Crippen molar-refractivity contribution in [3.05, 3.63) is 34.2 Å². The van der Waals surface area contributed by atoms with Gasteiger partial charge in [-0.15, -0.1) is 0 Å². The summed E-state index contributed by atoms with van der Waals surface area (Å²) in [5.74, 6) is 1.19. The van der Waals surface area contributed by atoms with Crippen molar-refractivity contribution in [1.82, 2.24) is 9.38 Å². The van der Waals surface area contributed by atoms with Crippen molar-refractivity contribution in [3.63, 3.8) is 0 Å². The Balaban J connectivity index is 2.20. The van der Waals surface area contributed by atoms with Gasteiger partial charge in [0.1, 0.15) is 0 Å². The quantitative estimate of drug-likeness (QED) is 0.844. The summed E-state index contributed by atoms with van der Waals surface area (Å²) >= 11 is 12.0. The summed E-state index contributed by atoms with van der Waals surface area (Å²) in [5.41, 5.74) is 1.44. The first-order chi connectivity index (χ1) is 8.60. The molecular weight excluding hydrogens is 291 g/mol. The zero-order chi connectivity index (χ0) is 13.1. The lowest BCUT2D eigenvalue weighted by Gasteiger charge is -1.97. The maximum Gasteiger partial charge on any atom is 0.155 e. The van der Waals surface area contributed by atoms with Crippen LogP contribution in [-0.2, 0) is 16.6 Å². The first-order valence-electron chi connectivity index (χ1n) is 5.77. The molecule has 0 aromatic carbocycles. The van der Waals surface area contributed by atoms with E-state index in [1.165, 1.54) is 0 Å². The van der Waals surface area contributed by atoms with E-state index in [-0.39, 0.29) is 0 Å². The Bertz CT molecular complexity index is 583. The Hall–Kier alpha value is -0.580. The molecule has 0 aliphatic heterocycles. The molecule has 0 unspecified atom stereocenters. The maximum absolute atomic E-state index is 11.8. The Labute approximate surface area is 119 Å². The number of hydrogen-bond donors (Lipinski definition) is 0. The fourth-order valence-electron chi connectivity index (χ4n) is 1.69. The molecule has 3 nitrogen and oxygen atoms in total. The van der Waals surface area contributed by atoms with E-state index < -0.39 is 10.8 Å². The lowest BCUT2D eigenvalue weighted by atomic mass is 10.4. The first kappa shape index (κ1) is 13.8. The van der Waals surface area contributed by atoms with Gasteiger partial charge in [-0.1, -0.05) is 36.5 Å². The fourth-order valence-corrected chi connectivity index (χ4v) is 3.44. The average molecular weight is 305 g/mol. The maximum atomic E-state index is 11.8. The number of imidazole rings is 1. The highest BCUT2D eigenvalue weighted by Crippen LogP contribution is 2.22. The van der Waals surface area contributed by atoms with E-state index in [9.17, 15) is 4.21 Å². The van der Waals surface area contributed by atoms with Gasteiger partial charge in [0.25, 0.3) is 0 Å². The van der Waals surface area contributed by atoms with Crippen LogP contribution in [0.5, 0.6) is 0 Å². The largest absolute Gasteiger partial charge is 0.304 e. The van der Waals surface area contributed by atoms with E-state index >= 15 is 0 Å². The molecule has 0 saturated heterocycles. The highest BCUT2D eigenvalue weighted by atomic mass is 35.5. The molecule has 0 aliphatic rings. The molecular formula is C12H14Cl2N2OS. The van der Waals surface area contributed by atoms with E-state index in [1.54, 1.807) is 16.7 Å². The van der Waals surface area contributed by atoms with Crippen molar-refractivity contribution in [2.24, 2.45) is 0 Å². The summed E-state index contributed by atoms with van der Waals surface area (Å²) in [4.78, 5) is 4.38. The van der Waals surface area contributed by atoms with Crippen LogP contribution in [0.15, 0.2) is 18.5 Å². The number of halogens is 2. The predicted octanol–water partition coefficient (Wildman–Crippen LogP) is 3.69. The molecule has 2 heterocycles. The van der Waals surface area contributed by atoms with Crippen LogP contribution >= 0.6 is 23.2 Å². The standard InChI is InChI=1S/C12H14Cl2N2OS/c1-2-3-4-18(17)8-10-7-16-6-9(13)5-11(14)12(16)15-10/h5-7H,2-4,8H2,1H3/t18-/m1/s1. The molecule has 2 aromatic heterocycles. The summed E-state index contributed by atoms with van der Waals surface area (Å²) < 4.78 is 13.6. The molecule has 0 amide bonds. The molecule has 0 spiro atoms. The van der Waals surface area contributed by atoms with Crippen molar-refractivity contribution in [3.8, 4) is 0 Å². The second-order valence-electron chi connectivity index (χ2n) is 4.11. The van der Waals surface area contributed by atoms with Gasteiger partial charge >= 0.3 is 0 Å². The number of pyridine rings is 1. The molecule has 0 radical (unpaired) electrons. The van der Waals surface area contributed by atoms with Crippen LogP contribution in [0, 0.1) is 0 Å². The molecule has 1 atom stereocenters. The molecule has 18 heavy (non-hydrogen) atoms. The smallest absolute Gasteiger partial charge is 0.155 e. The molecule has 2 aromatic rings. The monoisotopic (exact) mass is 304 g/mol. The van der Waals surface area contributed by atoms with Crippen molar-refractivity contribution in [1.29, 1.82) is 0 Å². The molecule has 0 fully saturated rings. The summed E-state index contributed by atoms with van der Waals surface area (Å²) in [6, 6.07) is 1.66. The first-order valence-corrected chi connectivity index (χ1v) is 8.02. The third-order valence-corrected chi connectivity index (χ3v) is 4.40. The molecule has 0 aliphatic carbocycles. The lowest BCUT2D eigenvalue weighted by Crippen LogP contribution is -2.00. The van der Waals surface area contributed by atoms with E-state index in [4.69, 9.17) is 23.2 Å². The van der Waals surface area contributed by atoms with Crippen LogP contribution in [0.3, 0.4) is 0 Å². The summed E-state index contributed by atoms with van der Waals surface area (Å²) in [6.45, 7) is 2.09. The van der Waals surface area contributed by atoms with Crippen molar-refractivity contribution in [2.75, 3.05) is 5.75 Å². The highest BCUT2D eigenvalue weighted by Gasteiger charge is 2.09. The molecule has 98 valence electrons.